The summed E-state index contributed by atoms with van der Waals surface area (Å²) in [5.41, 5.74) is 1.53. The van der Waals surface area contributed by atoms with E-state index in [1.54, 1.807) is 0 Å². The second-order valence-electron chi connectivity index (χ2n) is 6.49. The molecule has 0 aliphatic heterocycles. The molecule has 126 valence electrons. The molecule has 2 aromatic rings. The fourth-order valence-corrected chi connectivity index (χ4v) is 2.44. The zero-order valence-electron chi connectivity index (χ0n) is 14.0. The third-order valence-electron chi connectivity index (χ3n) is 4.09. The second kappa shape index (κ2) is 6.97. The summed E-state index contributed by atoms with van der Waals surface area (Å²) < 4.78 is 0. The van der Waals surface area contributed by atoms with Crippen molar-refractivity contribution in [1.82, 2.24) is 14.9 Å². The first kappa shape index (κ1) is 16.4. The molecule has 0 spiro atoms. The summed E-state index contributed by atoms with van der Waals surface area (Å²) in [6.07, 6.45) is 4.42. The number of likely N-dealkylation sites (N-methyl/N-ethyl adjacent to an activating group) is 1. The van der Waals surface area contributed by atoms with E-state index in [0.29, 0.717) is 17.4 Å². The van der Waals surface area contributed by atoms with Gasteiger partial charge in [-0.1, -0.05) is 12.1 Å². The number of hydrogen-bond donors (Lipinski definition) is 2. The molecule has 3 rings (SSSR count). The van der Waals surface area contributed by atoms with Gasteiger partial charge < -0.3 is 15.2 Å². The molecule has 1 heterocycles. The van der Waals surface area contributed by atoms with Crippen molar-refractivity contribution < 1.29 is 4.79 Å². The van der Waals surface area contributed by atoms with Gasteiger partial charge in [0.15, 0.2) is 0 Å². The summed E-state index contributed by atoms with van der Waals surface area (Å²) in [6.45, 7) is 0.972. The van der Waals surface area contributed by atoms with Crippen LogP contribution in [0, 0.1) is 0 Å². The Balaban J connectivity index is 1.65. The van der Waals surface area contributed by atoms with Gasteiger partial charge in [-0.2, -0.15) is 0 Å². The SMILES string of the molecule is CN(C)CCc1ccc(NC(=O)c2cnc(C3CC3)[nH]c2=O)cc1. The Hall–Kier alpha value is -2.47. The number of carbonyl (C=O) groups excluding carboxylic acids is 1. The topological polar surface area (TPSA) is 78.1 Å². The van der Waals surface area contributed by atoms with Gasteiger partial charge in [0.05, 0.1) is 0 Å². The van der Waals surface area contributed by atoms with E-state index < -0.39 is 5.91 Å². The van der Waals surface area contributed by atoms with Gasteiger partial charge >= 0.3 is 0 Å². The predicted molar refractivity (Wildman–Crippen MR) is 93.5 cm³/mol. The maximum absolute atomic E-state index is 12.3. The molecule has 1 aliphatic carbocycles. The van der Waals surface area contributed by atoms with Crippen molar-refractivity contribution in [3.8, 4) is 0 Å². The number of nitrogens with zero attached hydrogens (tertiary/aromatic N) is 2. The first-order valence-electron chi connectivity index (χ1n) is 8.17. The highest BCUT2D eigenvalue weighted by Gasteiger charge is 2.26. The van der Waals surface area contributed by atoms with Crippen molar-refractivity contribution >= 4 is 11.6 Å². The molecule has 0 bridgehead atoms. The molecule has 24 heavy (non-hydrogen) atoms. The number of aromatic amines is 1. The zero-order chi connectivity index (χ0) is 17.1. The minimum absolute atomic E-state index is 0.0380. The zero-order valence-corrected chi connectivity index (χ0v) is 14.0. The number of H-pyrrole nitrogens is 1. The van der Waals surface area contributed by atoms with Crippen LogP contribution in [0.5, 0.6) is 0 Å². The van der Waals surface area contributed by atoms with Gasteiger partial charge in [-0.25, -0.2) is 4.98 Å². The van der Waals surface area contributed by atoms with Crippen LogP contribution in [-0.4, -0.2) is 41.4 Å². The molecule has 1 aromatic carbocycles. The van der Waals surface area contributed by atoms with Gasteiger partial charge in [-0.15, -0.1) is 0 Å². The third-order valence-corrected chi connectivity index (χ3v) is 4.09. The second-order valence-corrected chi connectivity index (χ2v) is 6.49. The van der Waals surface area contributed by atoms with Crippen molar-refractivity contribution in [2.75, 3.05) is 26.0 Å². The summed E-state index contributed by atoms with van der Waals surface area (Å²) in [5, 5.41) is 2.75. The first-order valence-corrected chi connectivity index (χ1v) is 8.17. The largest absolute Gasteiger partial charge is 0.322 e. The van der Waals surface area contributed by atoms with E-state index in [1.165, 1.54) is 11.8 Å². The molecular weight excluding hydrogens is 304 g/mol. The van der Waals surface area contributed by atoms with Crippen LogP contribution < -0.4 is 10.9 Å². The monoisotopic (exact) mass is 326 g/mol. The molecular formula is C18H22N4O2. The molecule has 6 nitrogen and oxygen atoms in total. The molecule has 0 saturated heterocycles. The lowest BCUT2D eigenvalue weighted by Crippen LogP contribution is -2.24. The summed E-state index contributed by atoms with van der Waals surface area (Å²) in [5.74, 6) is 0.596. The quantitative estimate of drug-likeness (QED) is 0.851. The van der Waals surface area contributed by atoms with Crippen LogP contribution >= 0.6 is 0 Å². The number of hydrogen-bond acceptors (Lipinski definition) is 4. The van der Waals surface area contributed by atoms with Crippen molar-refractivity contribution in [2.24, 2.45) is 0 Å². The summed E-state index contributed by atoms with van der Waals surface area (Å²) >= 11 is 0. The number of anilines is 1. The number of nitrogens with one attached hydrogen (secondary N) is 2. The first-order chi connectivity index (χ1) is 11.5. The molecule has 0 atom stereocenters. The van der Waals surface area contributed by atoms with E-state index in [4.69, 9.17) is 0 Å². The van der Waals surface area contributed by atoms with E-state index >= 15 is 0 Å². The number of carbonyl (C=O) groups is 1. The lowest BCUT2D eigenvalue weighted by molar-refractivity contribution is 0.102. The van der Waals surface area contributed by atoms with Crippen molar-refractivity contribution in [3.63, 3.8) is 0 Å². The standard InChI is InChI=1S/C18H22N4O2/c1-22(2)10-9-12-3-7-14(8-4-12)20-17(23)15-11-19-16(13-5-6-13)21-18(15)24/h3-4,7-8,11,13H,5-6,9-10H2,1-2H3,(H,20,23)(H,19,21,24). The van der Waals surface area contributed by atoms with Gasteiger partial charge in [0.25, 0.3) is 11.5 Å². The molecule has 2 N–H and O–H groups in total. The van der Waals surface area contributed by atoms with Gasteiger partial charge in [0, 0.05) is 24.3 Å². The van der Waals surface area contributed by atoms with Crippen LogP contribution in [-0.2, 0) is 6.42 Å². The molecule has 1 aliphatic rings. The Morgan fingerprint density at radius 1 is 1.29 bits per heavy atom. The lowest BCUT2D eigenvalue weighted by atomic mass is 10.1. The van der Waals surface area contributed by atoms with E-state index in [-0.39, 0.29) is 11.1 Å². The molecule has 1 fully saturated rings. The summed E-state index contributed by atoms with van der Waals surface area (Å²) in [7, 11) is 4.07. The Kier molecular flexibility index (Phi) is 4.76. The maximum atomic E-state index is 12.3. The third kappa shape index (κ3) is 4.08. The van der Waals surface area contributed by atoms with E-state index in [1.807, 2.05) is 38.4 Å². The van der Waals surface area contributed by atoms with E-state index in [9.17, 15) is 9.59 Å². The summed E-state index contributed by atoms with van der Waals surface area (Å²) in [4.78, 5) is 33.3. The average Bonchev–Trinajstić information content (AvgIpc) is 3.39. The fraction of sp³-hybridized carbons (Fsp3) is 0.389. The van der Waals surface area contributed by atoms with Crippen LogP contribution in [0.4, 0.5) is 5.69 Å². The number of benzene rings is 1. The Morgan fingerprint density at radius 2 is 2.00 bits per heavy atom. The Labute approximate surface area is 140 Å². The van der Waals surface area contributed by atoms with Crippen LogP contribution in [0.25, 0.3) is 0 Å². The molecule has 0 radical (unpaired) electrons. The molecule has 6 heteroatoms. The number of amides is 1. The molecule has 0 unspecified atom stereocenters. The number of aromatic nitrogens is 2. The van der Waals surface area contributed by atoms with Gasteiger partial charge in [-0.05, 0) is 51.1 Å². The van der Waals surface area contributed by atoms with Crippen LogP contribution in [0.2, 0.25) is 0 Å². The molecule has 1 aromatic heterocycles. The van der Waals surface area contributed by atoms with Crippen LogP contribution in [0.3, 0.4) is 0 Å². The Bertz CT molecular complexity index is 776. The lowest BCUT2D eigenvalue weighted by Gasteiger charge is -2.10. The minimum Gasteiger partial charge on any atom is -0.322 e. The van der Waals surface area contributed by atoms with Crippen LogP contribution in [0.15, 0.2) is 35.3 Å². The van der Waals surface area contributed by atoms with Crippen molar-refractivity contribution in [3.05, 3.63) is 57.8 Å². The highest BCUT2D eigenvalue weighted by molar-refractivity contribution is 6.03. The van der Waals surface area contributed by atoms with Gasteiger partial charge in [0.2, 0.25) is 0 Å². The fourth-order valence-electron chi connectivity index (χ4n) is 2.44. The Morgan fingerprint density at radius 3 is 2.58 bits per heavy atom. The predicted octanol–water partition coefficient (Wildman–Crippen LogP) is 2.00. The smallest absolute Gasteiger partial charge is 0.263 e. The van der Waals surface area contributed by atoms with Gasteiger partial charge in [0.1, 0.15) is 11.4 Å². The van der Waals surface area contributed by atoms with E-state index in [0.717, 1.165) is 25.8 Å². The highest BCUT2D eigenvalue weighted by atomic mass is 16.2. The van der Waals surface area contributed by atoms with Crippen molar-refractivity contribution in [2.45, 2.75) is 25.2 Å². The van der Waals surface area contributed by atoms with Gasteiger partial charge in [-0.3, -0.25) is 9.59 Å². The highest BCUT2D eigenvalue weighted by Crippen LogP contribution is 2.37. The molecule has 1 amide bonds. The summed E-state index contributed by atoms with van der Waals surface area (Å²) in [6, 6.07) is 7.67. The number of rotatable bonds is 6. The molecule has 1 saturated carbocycles. The average molecular weight is 326 g/mol. The normalized spacial score (nSPS) is 14.0. The van der Waals surface area contributed by atoms with Crippen LogP contribution in [0.1, 0.15) is 40.5 Å². The van der Waals surface area contributed by atoms with E-state index in [2.05, 4.69) is 20.2 Å². The van der Waals surface area contributed by atoms with Crippen molar-refractivity contribution in [1.29, 1.82) is 0 Å². The maximum Gasteiger partial charge on any atom is 0.263 e. The minimum atomic E-state index is -0.438.